The Morgan fingerprint density at radius 2 is 2.38 bits per heavy atom. The first-order valence-electron chi connectivity index (χ1n) is 3.99. The zero-order chi connectivity index (χ0) is 9.42. The van der Waals surface area contributed by atoms with Crippen LogP contribution in [0, 0.1) is 5.82 Å². The van der Waals surface area contributed by atoms with Crippen molar-refractivity contribution in [2.45, 2.75) is 13.0 Å². The van der Waals surface area contributed by atoms with E-state index < -0.39 is 11.9 Å². The number of hydrogen-bond acceptors (Lipinski definition) is 2. The van der Waals surface area contributed by atoms with Crippen LogP contribution in [0.5, 0.6) is 0 Å². The molecule has 0 aromatic carbocycles. The van der Waals surface area contributed by atoms with Crippen LogP contribution in [0.3, 0.4) is 0 Å². The Labute approximate surface area is 74.2 Å². The molecule has 1 unspecified atom stereocenters. The van der Waals surface area contributed by atoms with E-state index in [0.29, 0.717) is 16.6 Å². The van der Waals surface area contributed by atoms with Crippen LogP contribution in [0.25, 0.3) is 11.0 Å². The quantitative estimate of drug-likeness (QED) is 0.702. The summed E-state index contributed by atoms with van der Waals surface area (Å²) in [7, 11) is 0. The van der Waals surface area contributed by atoms with Crippen molar-refractivity contribution < 1.29 is 9.50 Å². The molecule has 68 valence electrons. The second kappa shape index (κ2) is 2.81. The molecule has 2 aromatic heterocycles. The largest absolute Gasteiger partial charge is 0.389 e. The van der Waals surface area contributed by atoms with Crippen LogP contribution in [-0.4, -0.2) is 15.1 Å². The topological polar surface area (TPSA) is 48.9 Å². The number of nitrogens with one attached hydrogen (secondary N) is 1. The van der Waals surface area contributed by atoms with E-state index in [1.165, 1.54) is 6.92 Å². The molecule has 13 heavy (non-hydrogen) atoms. The average molecular weight is 180 g/mol. The fourth-order valence-corrected chi connectivity index (χ4v) is 1.43. The predicted octanol–water partition coefficient (Wildman–Crippen LogP) is 1.76. The van der Waals surface area contributed by atoms with E-state index in [1.54, 1.807) is 12.3 Å². The molecule has 0 aliphatic rings. The molecule has 0 spiro atoms. The Hall–Kier alpha value is -1.42. The number of hydrogen-bond donors (Lipinski definition) is 2. The molecule has 2 rings (SSSR count). The molecule has 0 aliphatic heterocycles. The van der Waals surface area contributed by atoms with E-state index in [0.717, 1.165) is 6.20 Å². The van der Waals surface area contributed by atoms with Crippen LogP contribution < -0.4 is 0 Å². The maximum atomic E-state index is 13.2. The standard InChI is InChI=1S/C9H9FN2O/c1-5(13)8-6-2-3-11-9(6)12-4-7(8)10/h2-5,13H,1H3,(H,11,12). The summed E-state index contributed by atoms with van der Waals surface area (Å²) in [5.41, 5.74) is 0.892. The first-order valence-corrected chi connectivity index (χ1v) is 3.99. The SMILES string of the molecule is CC(O)c1c(F)cnc2[nH]ccc12. The lowest BCUT2D eigenvalue weighted by atomic mass is 10.1. The molecule has 1 atom stereocenters. The molecule has 0 amide bonds. The highest BCUT2D eigenvalue weighted by molar-refractivity contribution is 5.79. The van der Waals surface area contributed by atoms with E-state index >= 15 is 0 Å². The maximum absolute atomic E-state index is 13.2. The molecule has 0 bridgehead atoms. The number of aromatic nitrogens is 2. The van der Waals surface area contributed by atoms with E-state index in [1.807, 2.05) is 0 Å². The van der Waals surface area contributed by atoms with Crippen molar-refractivity contribution in [1.82, 2.24) is 9.97 Å². The summed E-state index contributed by atoms with van der Waals surface area (Å²) < 4.78 is 13.2. The van der Waals surface area contributed by atoms with E-state index in [2.05, 4.69) is 9.97 Å². The maximum Gasteiger partial charge on any atom is 0.148 e. The number of aromatic amines is 1. The second-order valence-corrected chi connectivity index (χ2v) is 2.94. The molecule has 2 N–H and O–H groups in total. The van der Waals surface area contributed by atoms with Gasteiger partial charge in [-0.05, 0) is 13.0 Å². The number of nitrogens with zero attached hydrogens (tertiary/aromatic N) is 1. The number of halogens is 1. The highest BCUT2D eigenvalue weighted by Gasteiger charge is 2.13. The lowest BCUT2D eigenvalue weighted by Crippen LogP contribution is -1.97. The van der Waals surface area contributed by atoms with Crippen molar-refractivity contribution in [3.8, 4) is 0 Å². The smallest absolute Gasteiger partial charge is 0.148 e. The van der Waals surface area contributed by atoms with Crippen LogP contribution >= 0.6 is 0 Å². The Kier molecular flexibility index (Phi) is 1.77. The molecule has 0 radical (unpaired) electrons. The highest BCUT2D eigenvalue weighted by atomic mass is 19.1. The molecule has 4 heteroatoms. The third kappa shape index (κ3) is 1.19. The van der Waals surface area contributed by atoms with Gasteiger partial charge in [0.25, 0.3) is 0 Å². The van der Waals surface area contributed by atoms with Crippen molar-refractivity contribution in [3.63, 3.8) is 0 Å². The van der Waals surface area contributed by atoms with E-state index in [4.69, 9.17) is 0 Å². The summed E-state index contributed by atoms with van der Waals surface area (Å²) >= 11 is 0. The highest BCUT2D eigenvalue weighted by Crippen LogP contribution is 2.24. The van der Waals surface area contributed by atoms with Gasteiger partial charge in [0.2, 0.25) is 0 Å². The number of aliphatic hydroxyl groups is 1. The fourth-order valence-electron chi connectivity index (χ4n) is 1.43. The molecule has 0 fully saturated rings. The zero-order valence-electron chi connectivity index (χ0n) is 7.08. The summed E-state index contributed by atoms with van der Waals surface area (Å²) in [6.07, 6.45) is 1.96. The first-order chi connectivity index (χ1) is 6.20. The van der Waals surface area contributed by atoms with Gasteiger partial charge in [-0.3, -0.25) is 0 Å². The van der Waals surface area contributed by atoms with Gasteiger partial charge in [-0.25, -0.2) is 9.37 Å². The number of pyridine rings is 1. The third-order valence-electron chi connectivity index (χ3n) is 2.00. The molecule has 0 aliphatic carbocycles. The van der Waals surface area contributed by atoms with Gasteiger partial charge < -0.3 is 10.1 Å². The minimum absolute atomic E-state index is 0.297. The number of H-pyrrole nitrogens is 1. The van der Waals surface area contributed by atoms with Gasteiger partial charge >= 0.3 is 0 Å². The second-order valence-electron chi connectivity index (χ2n) is 2.94. The number of rotatable bonds is 1. The van der Waals surface area contributed by atoms with Gasteiger partial charge in [0, 0.05) is 17.1 Å². The molecular formula is C9H9FN2O. The van der Waals surface area contributed by atoms with Gasteiger partial charge in [-0.15, -0.1) is 0 Å². The van der Waals surface area contributed by atoms with Crippen molar-refractivity contribution in [2.75, 3.05) is 0 Å². The Bertz CT molecular complexity index is 436. The molecule has 2 heterocycles. The summed E-state index contributed by atoms with van der Waals surface area (Å²) in [4.78, 5) is 6.70. The third-order valence-corrected chi connectivity index (χ3v) is 2.00. The molecule has 2 aromatic rings. The fraction of sp³-hybridized carbons (Fsp3) is 0.222. The Balaban J connectivity index is 2.80. The van der Waals surface area contributed by atoms with Crippen LogP contribution in [0.2, 0.25) is 0 Å². The lowest BCUT2D eigenvalue weighted by Gasteiger charge is -2.06. The normalized spacial score (nSPS) is 13.5. The van der Waals surface area contributed by atoms with Crippen molar-refractivity contribution >= 4 is 11.0 Å². The zero-order valence-corrected chi connectivity index (χ0v) is 7.08. The Morgan fingerprint density at radius 3 is 3.08 bits per heavy atom. The lowest BCUT2D eigenvalue weighted by molar-refractivity contribution is 0.196. The molecular weight excluding hydrogens is 171 g/mol. The summed E-state index contributed by atoms with van der Waals surface area (Å²) in [5, 5.41) is 9.97. The van der Waals surface area contributed by atoms with E-state index in [-0.39, 0.29) is 0 Å². The van der Waals surface area contributed by atoms with Crippen LogP contribution in [0.4, 0.5) is 4.39 Å². The van der Waals surface area contributed by atoms with E-state index in [9.17, 15) is 9.50 Å². The first kappa shape index (κ1) is 8.19. The predicted molar refractivity (Wildman–Crippen MR) is 46.7 cm³/mol. The van der Waals surface area contributed by atoms with Crippen molar-refractivity contribution in [1.29, 1.82) is 0 Å². The number of fused-ring (bicyclic) bond motifs is 1. The van der Waals surface area contributed by atoms with Crippen LogP contribution in [0.15, 0.2) is 18.5 Å². The molecule has 0 saturated carbocycles. The summed E-state index contributed by atoms with van der Waals surface area (Å²) in [6, 6.07) is 1.70. The van der Waals surface area contributed by atoms with Crippen molar-refractivity contribution in [3.05, 3.63) is 29.8 Å². The summed E-state index contributed by atoms with van der Waals surface area (Å²) in [6.45, 7) is 1.53. The average Bonchev–Trinajstić information content (AvgIpc) is 2.50. The van der Waals surface area contributed by atoms with Gasteiger partial charge in [0.15, 0.2) is 0 Å². The molecule has 3 nitrogen and oxygen atoms in total. The summed E-state index contributed by atoms with van der Waals surface area (Å²) in [5.74, 6) is -0.470. The van der Waals surface area contributed by atoms with Crippen LogP contribution in [-0.2, 0) is 0 Å². The van der Waals surface area contributed by atoms with Gasteiger partial charge in [0.1, 0.15) is 11.5 Å². The van der Waals surface area contributed by atoms with Gasteiger partial charge in [0.05, 0.1) is 12.3 Å². The minimum atomic E-state index is -0.818. The van der Waals surface area contributed by atoms with Crippen LogP contribution in [0.1, 0.15) is 18.6 Å². The molecule has 0 saturated heterocycles. The van der Waals surface area contributed by atoms with Gasteiger partial charge in [-0.2, -0.15) is 0 Å². The number of aliphatic hydroxyl groups excluding tert-OH is 1. The monoisotopic (exact) mass is 180 g/mol. The minimum Gasteiger partial charge on any atom is -0.389 e. The Morgan fingerprint density at radius 1 is 1.62 bits per heavy atom. The van der Waals surface area contributed by atoms with Gasteiger partial charge in [-0.1, -0.05) is 0 Å². The van der Waals surface area contributed by atoms with Crippen molar-refractivity contribution in [2.24, 2.45) is 0 Å².